The van der Waals surface area contributed by atoms with Crippen LogP contribution in [0.5, 0.6) is 0 Å². The van der Waals surface area contributed by atoms with E-state index in [0.717, 1.165) is 0 Å². The van der Waals surface area contributed by atoms with E-state index in [0.29, 0.717) is 0 Å². The zero-order chi connectivity index (χ0) is 17.1. The SMILES string of the molecule is CC(=O)OCC1O[C@H]2OC(C)OC2C(OC(C)=O)[C@@H]1OC(C)=O. The van der Waals surface area contributed by atoms with Crippen molar-refractivity contribution in [3.8, 4) is 0 Å². The van der Waals surface area contributed by atoms with E-state index in [-0.39, 0.29) is 6.61 Å². The molecule has 130 valence electrons. The molecule has 0 bridgehead atoms. The first-order chi connectivity index (χ1) is 10.8. The minimum absolute atomic E-state index is 0.175. The van der Waals surface area contributed by atoms with Crippen molar-refractivity contribution in [3.63, 3.8) is 0 Å². The van der Waals surface area contributed by atoms with E-state index in [9.17, 15) is 14.4 Å². The van der Waals surface area contributed by atoms with Crippen LogP contribution >= 0.6 is 0 Å². The van der Waals surface area contributed by atoms with Crippen LogP contribution in [-0.4, -0.2) is 61.5 Å². The fourth-order valence-electron chi connectivity index (χ4n) is 2.57. The lowest BCUT2D eigenvalue weighted by atomic mass is 9.98. The van der Waals surface area contributed by atoms with Crippen molar-refractivity contribution in [2.75, 3.05) is 6.61 Å². The zero-order valence-corrected chi connectivity index (χ0v) is 13.3. The van der Waals surface area contributed by atoms with E-state index in [4.69, 9.17) is 28.4 Å². The summed E-state index contributed by atoms with van der Waals surface area (Å²) in [5.74, 6) is -1.67. The minimum Gasteiger partial charge on any atom is -0.463 e. The Morgan fingerprint density at radius 1 is 0.870 bits per heavy atom. The van der Waals surface area contributed by atoms with Gasteiger partial charge < -0.3 is 28.4 Å². The molecule has 6 atom stereocenters. The molecule has 2 saturated heterocycles. The van der Waals surface area contributed by atoms with Gasteiger partial charge in [0.25, 0.3) is 0 Å². The van der Waals surface area contributed by atoms with Crippen LogP contribution in [0.3, 0.4) is 0 Å². The molecule has 2 aliphatic heterocycles. The van der Waals surface area contributed by atoms with Gasteiger partial charge in [-0.25, -0.2) is 0 Å². The lowest BCUT2D eigenvalue weighted by Gasteiger charge is -2.40. The molecule has 2 aliphatic rings. The quantitative estimate of drug-likeness (QED) is 0.515. The molecule has 0 aliphatic carbocycles. The van der Waals surface area contributed by atoms with E-state index in [1.54, 1.807) is 6.92 Å². The molecule has 0 amide bonds. The Hall–Kier alpha value is -1.71. The van der Waals surface area contributed by atoms with Crippen molar-refractivity contribution >= 4 is 17.9 Å². The second kappa shape index (κ2) is 7.24. The molecule has 2 rings (SSSR count). The lowest BCUT2D eigenvalue weighted by Crippen LogP contribution is -2.60. The maximum absolute atomic E-state index is 11.4. The Morgan fingerprint density at radius 3 is 2.04 bits per heavy atom. The third-order valence-corrected chi connectivity index (χ3v) is 3.32. The van der Waals surface area contributed by atoms with Crippen LogP contribution in [-0.2, 0) is 42.8 Å². The molecule has 9 nitrogen and oxygen atoms in total. The number of hydrogen-bond acceptors (Lipinski definition) is 9. The van der Waals surface area contributed by atoms with Gasteiger partial charge in [0.15, 0.2) is 30.9 Å². The van der Waals surface area contributed by atoms with Gasteiger partial charge in [-0.05, 0) is 6.92 Å². The summed E-state index contributed by atoms with van der Waals surface area (Å²) in [5, 5.41) is 0. The average molecular weight is 332 g/mol. The predicted octanol–water partition coefficient (Wildman–Crippen LogP) is -0.101. The molecular formula is C14H20O9. The largest absolute Gasteiger partial charge is 0.463 e. The Balaban J connectivity index is 2.23. The summed E-state index contributed by atoms with van der Waals surface area (Å²) in [6.07, 6.45) is -4.89. The van der Waals surface area contributed by atoms with Gasteiger partial charge in [-0.3, -0.25) is 14.4 Å². The van der Waals surface area contributed by atoms with E-state index >= 15 is 0 Å². The van der Waals surface area contributed by atoms with E-state index in [1.165, 1.54) is 20.8 Å². The Bertz CT molecular complexity index is 477. The molecular weight excluding hydrogens is 312 g/mol. The van der Waals surface area contributed by atoms with Crippen LogP contribution < -0.4 is 0 Å². The van der Waals surface area contributed by atoms with Crippen molar-refractivity contribution in [1.29, 1.82) is 0 Å². The average Bonchev–Trinajstić information content (AvgIpc) is 2.78. The van der Waals surface area contributed by atoms with E-state index in [2.05, 4.69) is 0 Å². The van der Waals surface area contributed by atoms with Gasteiger partial charge >= 0.3 is 17.9 Å². The monoisotopic (exact) mass is 332 g/mol. The number of esters is 3. The van der Waals surface area contributed by atoms with Crippen molar-refractivity contribution < 1.29 is 42.8 Å². The van der Waals surface area contributed by atoms with E-state index < -0.39 is 54.9 Å². The lowest BCUT2D eigenvalue weighted by molar-refractivity contribution is -0.264. The van der Waals surface area contributed by atoms with Gasteiger partial charge in [0, 0.05) is 20.8 Å². The van der Waals surface area contributed by atoms with E-state index in [1.807, 2.05) is 0 Å². The van der Waals surface area contributed by atoms with Gasteiger partial charge in [-0.15, -0.1) is 0 Å². The molecule has 0 aromatic rings. The molecule has 0 N–H and O–H groups in total. The maximum Gasteiger partial charge on any atom is 0.303 e. The van der Waals surface area contributed by atoms with Crippen molar-refractivity contribution in [2.45, 2.75) is 64.7 Å². The Kier molecular flexibility index (Phi) is 5.55. The first-order valence-corrected chi connectivity index (χ1v) is 7.22. The molecule has 0 spiro atoms. The highest BCUT2D eigenvalue weighted by molar-refractivity contribution is 5.67. The second-order valence-corrected chi connectivity index (χ2v) is 5.30. The topological polar surface area (TPSA) is 107 Å². The molecule has 0 radical (unpaired) electrons. The Labute approximate surface area is 133 Å². The third kappa shape index (κ3) is 4.40. The van der Waals surface area contributed by atoms with Crippen LogP contribution in [0.4, 0.5) is 0 Å². The van der Waals surface area contributed by atoms with Crippen LogP contribution in [0.25, 0.3) is 0 Å². The number of hydrogen-bond donors (Lipinski definition) is 0. The first-order valence-electron chi connectivity index (χ1n) is 7.22. The van der Waals surface area contributed by atoms with Crippen LogP contribution in [0.1, 0.15) is 27.7 Å². The molecule has 2 heterocycles. The molecule has 2 fully saturated rings. The summed E-state index contributed by atoms with van der Waals surface area (Å²) in [5.41, 5.74) is 0. The second-order valence-electron chi connectivity index (χ2n) is 5.30. The van der Waals surface area contributed by atoms with Gasteiger partial charge in [-0.1, -0.05) is 0 Å². The summed E-state index contributed by atoms with van der Waals surface area (Å²) >= 11 is 0. The predicted molar refractivity (Wildman–Crippen MR) is 71.8 cm³/mol. The molecule has 23 heavy (non-hydrogen) atoms. The Morgan fingerprint density at radius 2 is 1.48 bits per heavy atom. The first kappa shape index (κ1) is 17.6. The maximum atomic E-state index is 11.4. The van der Waals surface area contributed by atoms with Gasteiger partial charge in [0.1, 0.15) is 12.7 Å². The molecule has 4 unspecified atom stereocenters. The normalized spacial score (nSPS) is 36.0. The van der Waals surface area contributed by atoms with Crippen molar-refractivity contribution in [3.05, 3.63) is 0 Å². The van der Waals surface area contributed by atoms with Gasteiger partial charge in [-0.2, -0.15) is 0 Å². The van der Waals surface area contributed by atoms with Crippen LogP contribution in [0.2, 0.25) is 0 Å². The summed E-state index contributed by atoms with van der Waals surface area (Å²) in [4.78, 5) is 33.8. The highest BCUT2D eigenvalue weighted by atomic mass is 16.8. The van der Waals surface area contributed by atoms with Gasteiger partial charge in [0.2, 0.25) is 0 Å². The summed E-state index contributed by atoms with van der Waals surface area (Å²) in [6, 6.07) is 0. The number of rotatable bonds is 4. The summed E-state index contributed by atoms with van der Waals surface area (Å²) < 4.78 is 32.1. The molecule has 0 aromatic heterocycles. The standard InChI is InChI=1S/C14H20O9/c1-6(15)18-5-10-11(19-7(2)16)12(20-8(3)17)13-14(23-10)22-9(4)21-13/h9-14H,5H2,1-4H3/t9?,10?,11-,12?,13?,14-/m1/s1. The molecule has 0 aromatic carbocycles. The van der Waals surface area contributed by atoms with Crippen LogP contribution in [0.15, 0.2) is 0 Å². The zero-order valence-electron chi connectivity index (χ0n) is 13.3. The minimum atomic E-state index is -0.981. The van der Waals surface area contributed by atoms with Gasteiger partial charge in [0.05, 0.1) is 0 Å². The van der Waals surface area contributed by atoms with Crippen LogP contribution in [0, 0.1) is 0 Å². The smallest absolute Gasteiger partial charge is 0.303 e. The summed E-state index contributed by atoms with van der Waals surface area (Å²) in [7, 11) is 0. The molecule has 9 heteroatoms. The highest BCUT2D eigenvalue weighted by Gasteiger charge is 2.55. The van der Waals surface area contributed by atoms with Crippen molar-refractivity contribution in [1.82, 2.24) is 0 Å². The molecule has 0 saturated carbocycles. The summed E-state index contributed by atoms with van der Waals surface area (Å²) in [6.45, 7) is 5.18. The van der Waals surface area contributed by atoms with Crippen molar-refractivity contribution in [2.24, 2.45) is 0 Å². The number of carbonyl (C=O) groups is 3. The number of fused-ring (bicyclic) bond motifs is 1. The highest BCUT2D eigenvalue weighted by Crippen LogP contribution is 2.34. The number of ether oxygens (including phenoxy) is 6. The number of carbonyl (C=O) groups excluding carboxylic acids is 3. The fourth-order valence-corrected chi connectivity index (χ4v) is 2.57. The third-order valence-electron chi connectivity index (χ3n) is 3.32. The fraction of sp³-hybridized carbons (Fsp3) is 0.786.